The standard InChI is InChI=1S/C12H16ClN3O2S/c1-3-8(2)19(17,18)14-7-12-15-10-5-4-9(13)6-11(10)16-12/h4-6,8,14H,3,7H2,1-2H3,(H,15,16). The molecule has 0 fully saturated rings. The minimum Gasteiger partial charge on any atom is -0.341 e. The third-order valence-electron chi connectivity index (χ3n) is 3.04. The number of aromatic nitrogens is 2. The lowest BCUT2D eigenvalue weighted by Crippen LogP contribution is -2.32. The van der Waals surface area contributed by atoms with E-state index in [2.05, 4.69) is 14.7 Å². The minimum atomic E-state index is -3.29. The Bertz CT molecular complexity index is 681. The topological polar surface area (TPSA) is 74.8 Å². The van der Waals surface area contributed by atoms with Crippen LogP contribution in [0.4, 0.5) is 0 Å². The summed E-state index contributed by atoms with van der Waals surface area (Å²) in [5, 5.41) is 0.203. The Labute approximate surface area is 117 Å². The van der Waals surface area contributed by atoms with Crippen molar-refractivity contribution in [1.29, 1.82) is 0 Å². The van der Waals surface area contributed by atoms with Gasteiger partial charge in [0.25, 0.3) is 0 Å². The van der Waals surface area contributed by atoms with Crippen molar-refractivity contribution in [1.82, 2.24) is 14.7 Å². The molecule has 0 saturated carbocycles. The van der Waals surface area contributed by atoms with E-state index in [4.69, 9.17) is 11.6 Å². The molecular formula is C12H16ClN3O2S. The van der Waals surface area contributed by atoms with Crippen molar-refractivity contribution in [2.24, 2.45) is 0 Å². The maximum Gasteiger partial charge on any atom is 0.214 e. The maximum atomic E-state index is 11.8. The van der Waals surface area contributed by atoms with Crippen molar-refractivity contribution in [3.63, 3.8) is 0 Å². The SMILES string of the molecule is CCC(C)S(=O)(=O)NCc1nc2ccc(Cl)cc2[nH]1. The van der Waals surface area contributed by atoms with E-state index in [-0.39, 0.29) is 6.54 Å². The zero-order chi connectivity index (χ0) is 14.0. The first-order valence-corrected chi connectivity index (χ1v) is 7.97. The number of benzene rings is 1. The first kappa shape index (κ1) is 14.3. The van der Waals surface area contributed by atoms with Crippen LogP contribution in [0.2, 0.25) is 5.02 Å². The molecule has 0 amide bonds. The lowest BCUT2D eigenvalue weighted by Gasteiger charge is -2.10. The molecule has 2 rings (SSSR count). The third kappa shape index (κ3) is 3.26. The van der Waals surface area contributed by atoms with E-state index in [0.717, 1.165) is 11.0 Å². The van der Waals surface area contributed by atoms with Gasteiger partial charge in [0, 0.05) is 5.02 Å². The molecule has 1 aromatic carbocycles. The highest BCUT2D eigenvalue weighted by atomic mass is 35.5. The fraction of sp³-hybridized carbons (Fsp3) is 0.417. The van der Waals surface area contributed by atoms with Gasteiger partial charge in [-0.3, -0.25) is 0 Å². The van der Waals surface area contributed by atoms with Gasteiger partial charge < -0.3 is 4.98 Å². The van der Waals surface area contributed by atoms with E-state index in [9.17, 15) is 8.42 Å². The second kappa shape index (κ2) is 5.48. The number of nitrogens with one attached hydrogen (secondary N) is 2. The molecule has 0 aliphatic heterocycles. The molecule has 1 heterocycles. The average Bonchev–Trinajstić information content (AvgIpc) is 2.77. The Balaban J connectivity index is 2.14. The van der Waals surface area contributed by atoms with Crippen LogP contribution in [0, 0.1) is 0 Å². The first-order valence-electron chi connectivity index (χ1n) is 6.05. The molecule has 1 atom stereocenters. The first-order chi connectivity index (χ1) is 8.92. The van der Waals surface area contributed by atoms with E-state index in [1.165, 1.54) is 0 Å². The normalized spacial score (nSPS) is 13.8. The van der Waals surface area contributed by atoms with Crippen molar-refractivity contribution >= 4 is 32.7 Å². The van der Waals surface area contributed by atoms with Crippen LogP contribution >= 0.6 is 11.6 Å². The van der Waals surface area contributed by atoms with E-state index < -0.39 is 15.3 Å². The van der Waals surface area contributed by atoms with Crippen LogP contribution in [0.15, 0.2) is 18.2 Å². The summed E-state index contributed by atoms with van der Waals surface area (Å²) < 4.78 is 26.2. The van der Waals surface area contributed by atoms with Gasteiger partial charge in [-0.2, -0.15) is 0 Å². The lowest BCUT2D eigenvalue weighted by molar-refractivity contribution is 0.564. The summed E-state index contributed by atoms with van der Waals surface area (Å²) in [5.41, 5.74) is 1.56. The molecule has 7 heteroatoms. The van der Waals surface area contributed by atoms with Crippen molar-refractivity contribution in [2.75, 3.05) is 0 Å². The van der Waals surface area contributed by atoms with Gasteiger partial charge >= 0.3 is 0 Å². The van der Waals surface area contributed by atoms with Crippen molar-refractivity contribution in [3.8, 4) is 0 Å². The largest absolute Gasteiger partial charge is 0.341 e. The van der Waals surface area contributed by atoms with Gasteiger partial charge in [0.15, 0.2) is 0 Å². The molecule has 1 unspecified atom stereocenters. The Hall–Kier alpha value is -1.11. The fourth-order valence-corrected chi connectivity index (χ4v) is 2.88. The monoisotopic (exact) mass is 301 g/mol. The molecule has 104 valence electrons. The lowest BCUT2D eigenvalue weighted by atomic mass is 10.3. The zero-order valence-corrected chi connectivity index (χ0v) is 12.3. The summed E-state index contributed by atoms with van der Waals surface area (Å²) in [6, 6.07) is 5.30. The predicted molar refractivity (Wildman–Crippen MR) is 76.6 cm³/mol. The van der Waals surface area contributed by atoms with Crippen LogP contribution < -0.4 is 4.72 Å². The van der Waals surface area contributed by atoms with E-state index in [0.29, 0.717) is 17.3 Å². The summed E-state index contributed by atoms with van der Waals surface area (Å²) in [5.74, 6) is 0.573. The predicted octanol–water partition coefficient (Wildman–Crippen LogP) is 2.43. The molecule has 5 nitrogen and oxygen atoms in total. The highest BCUT2D eigenvalue weighted by Crippen LogP contribution is 2.17. The number of hydrogen-bond acceptors (Lipinski definition) is 3. The number of sulfonamides is 1. The molecule has 0 aliphatic carbocycles. The summed E-state index contributed by atoms with van der Waals surface area (Å²) >= 11 is 5.88. The van der Waals surface area contributed by atoms with Gasteiger partial charge in [0.1, 0.15) is 5.82 Å². The molecule has 19 heavy (non-hydrogen) atoms. The van der Waals surface area contributed by atoms with Crippen LogP contribution in [-0.4, -0.2) is 23.6 Å². The molecule has 0 aliphatic rings. The van der Waals surface area contributed by atoms with Crippen LogP contribution in [-0.2, 0) is 16.6 Å². The van der Waals surface area contributed by atoms with Crippen LogP contribution in [0.25, 0.3) is 11.0 Å². The van der Waals surface area contributed by atoms with Crippen molar-refractivity contribution < 1.29 is 8.42 Å². The van der Waals surface area contributed by atoms with Gasteiger partial charge in [0.2, 0.25) is 10.0 Å². The van der Waals surface area contributed by atoms with Gasteiger partial charge in [-0.15, -0.1) is 0 Å². The number of aromatic amines is 1. The molecule has 0 radical (unpaired) electrons. The van der Waals surface area contributed by atoms with Gasteiger partial charge in [-0.05, 0) is 31.5 Å². The Morgan fingerprint density at radius 3 is 2.89 bits per heavy atom. The molecule has 1 aromatic heterocycles. The highest BCUT2D eigenvalue weighted by Gasteiger charge is 2.18. The quantitative estimate of drug-likeness (QED) is 0.890. The fourth-order valence-electron chi connectivity index (χ4n) is 1.65. The van der Waals surface area contributed by atoms with Crippen molar-refractivity contribution in [2.45, 2.75) is 32.1 Å². The molecule has 0 bridgehead atoms. The van der Waals surface area contributed by atoms with E-state index >= 15 is 0 Å². The second-order valence-electron chi connectivity index (χ2n) is 4.43. The van der Waals surface area contributed by atoms with Crippen molar-refractivity contribution in [3.05, 3.63) is 29.0 Å². The van der Waals surface area contributed by atoms with Gasteiger partial charge in [-0.25, -0.2) is 18.1 Å². The average molecular weight is 302 g/mol. The minimum absolute atomic E-state index is 0.152. The van der Waals surface area contributed by atoms with Crippen LogP contribution in [0.5, 0.6) is 0 Å². The summed E-state index contributed by atoms with van der Waals surface area (Å²) in [6.45, 7) is 3.67. The number of halogens is 1. The van der Waals surface area contributed by atoms with Crippen LogP contribution in [0.1, 0.15) is 26.1 Å². The second-order valence-corrected chi connectivity index (χ2v) is 7.05. The molecule has 0 saturated heterocycles. The summed E-state index contributed by atoms with van der Waals surface area (Å²) in [7, 11) is -3.29. The summed E-state index contributed by atoms with van der Waals surface area (Å²) in [6.07, 6.45) is 0.574. The molecule has 2 aromatic rings. The molecule has 0 spiro atoms. The smallest absolute Gasteiger partial charge is 0.214 e. The van der Waals surface area contributed by atoms with Crippen LogP contribution in [0.3, 0.4) is 0 Å². The zero-order valence-electron chi connectivity index (χ0n) is 10.8. The number of H-pyrrole nitrogens is 1. The van der Waals surface area contributed by atoms with Gasteiger partial charge in [-0.1, -0.05) is 18.5 Å². The third-order valence-corrected chi connectivity index (χ3v) is 5.21. The maximum absolute atomic E-state index is 11.8. The number of hydrogen-bond donors (Lipinski definition) is 2. The van der Waals surface area contributed by atoms with Gasteiger partial charge in [0.05, 0.1) is 22.8 Å². The van der Waals surface area contributed by atoms with E-state index in [1.54, 1.807) is 25.1 Å². The number of fused-ring (bicyclic) bond motifs is 1. The number of rotatable bonds is 5. The number of nitrogens with zero attached hydrogens (tertiary/aromatic N) is 1. The Kier molecular flexibility index (Phi) is 4.13. The number of imidazole rings is 1. The molecular weight excluding hydrogens is 286 g/mol. The van der Waals surface area contributed by atoms with E-state index in [1.807, 2.05) is 6.92 Å². The molecule has 2 N–H and O–H groups in total. The summed E-state index contributed by atoms with van der Waals surface area (Å²) in [4.78, 5) is 7.34. The Morgan fingerprint density at radius 1 is 1.47 bits per heavy atom. The highest BCUT2D eigenvalue weighted by molar-refractivity contribution is 7.90. The Morgan fingerprint density at radius 2 is 2.21 bits per heavy atom.